The fraction of sp³-hybridized carbons (Fsp3) is 0.333. The van der Waals surface area contributed by atoms with E-state index in [0.29, 0.717) is 19.4 Å². The van der Waals surface area contributed by atoms with Crippen molar-refractivity contribution in [2.24, 2.45) is 0 Å². The molecule has 3 rings (SSSR count). The molecule has 0 aromatic heterocycles. The van der Waals surface area contributed by atoms with Crippen molar-refractivity contribution >= 4 is 15.9 Å². The first kappa shape index (κ1) is 18.6. The highest BCUT2D eigenvalue weighted by atomic mass is 32.2. The van der Waals surface area contributed by atoms with Gasteiger partial charge in [-0.05, 0) is 78.3 Å². The summed E-state index contributed by atoms with van der Waals surface area (Å²) in [5, 5.41) is 0. The van der Waals surface area contributed by atoms with Crippen molar-refractivity contribution in [2.75, 3.05) is 18.6 Å². The molecule has 0 aliphatic heterocycles. The molecule has 0 saturated carbocycles. The Balaban J connectivity index is 1.85. The van der Waals surface area contributed by atoms with Gasteiger partial charge in [-0.15, -0.1) is 0 Å². The largest absolute Gasteiger partial charge is 0.494 e. The molecule has 2 aromatic carbocycles. The fourth-order valence-corrected chi connectivity index (χ4v) is 4.13. The van der Waals surface area contributed by atoms with Crippen LogP contribution in [0.1, 0.15) is 28.7 Å². The second-order valence-electron chi connectivity index (χ2n) is 6.86. The Morgan fingerprint density at radius 3 is 2.50 bits per heavy atom. The highest BCUT2D eigenvalue weighted by Gasteiger charge is 2.18. The lowest BCUT2D eigenvalue weighted by Crippen LogP contribution is -2.08. The van der Waals surface area contributed by atoms with E-state index in [1.165, 1.54) is 12.3 Å². The van der Waals surface area contributed by atoms with Gasteiger partial charge in [-0.2, -0.15) is 0 Å². The van der Waals surface area contributed by atoms with Gasteiger partial charge in [-0.3, -0.25) is 0 Å². The second-order valence-corrected chi connectivity index (χ2v) is 9.12. The van der Waals surface area contributed by atoms with E-state index in [-0.39, 0.29) is 11.6 Å². The molecule has 1 aliphatic rings. The van der Waals surface area contributed by atoms with Crippen molar-refractivity contribution in [3.63, 3.8) is 0 Å². The van der Waals surface area contributed by atoms with Crippen LogP contribution in [0, 0.1) is 19.7 Å². The van der Waals surface area contributed by atoms with Crippen LogP contribution >= 0.6 is 0 Å². The zero-order chi connectivity index (χ0) is 18.9. The Labute approximate surface area is 154 Å². The summed E-state index contributed by atoms with van der Waals surface area (Å²) in [6.07, 6.45) is 6.30. The number of hydrogen-bond donors (Lipinski definition) is 0. The lowest BCUT2D eigenvalue weighted by molar-refractivity contribution is 0.317. The SMILES string of the molecule is Cc1cc(OCCCS(C)(=O)=O)cc(C)c1-c1ccc(F)c2c1C=CC2. The quantitative estimate of drug-likeness (QED) is 0.700. The van der Waals surface area contributed by atoms with Crippen LogP contribution in [0.4, 0.5) is 4.39 Å². The number of ether oxygens (including phenoxy) is 1. The van der Waals surface area contributed by atoms with E-state index in [4.69, 9.17) is 4.74 Å². The summed E-state index contributed by atoms with van der Waals surface area (Å²) < 4.78 is 42.1. The maximum Gasteiger partial charge on any atom is 0.147 e. The minimum atomic E-state index is -2.96. The molecule has 0 unspecified atom stereocenters. The van der Waals surface area contributed by atoms with Crippen LogP contribution in [0.3, 0.4) is 0 Å². The van der Waals surface area contributed by atoms with E-state index >= 15 is 0 Å². The Hall–Kier alpha value is -2.14. The first-order chi connectivity index (χ1) is 12.3. The van der Waals surface area contributed by atoms with E-state index < -0.39 is 9.84 Å². The van der Waals surface area contributed by atoms with Gasteiger partial charge in [-0.25, -0.2) is 12.8 Å². The number of sulfone groups is 1. The predicted octanol–water partition coefficient (Wildman–Crippen LogP) is 4.49. The Kier molecular flexibility index (Phi) is 5.19. The molecule has 0 spiro atoms. The molecule has 0 amide bonds. The molecule has 0 saturated heterocycles. The van der Waals surface area contributed by atoms with Gasteiger partial charge < -0.3 is 4.74 Å². The molecular formula is C21H23FO3S. The first-order valence-corrected chi connectivity index (χ1v) is 10.7. The Morgan fingerprint density at radius 2 is 1.85 bits per heavy atom. The number of fused-ring (bicyclic) bond motifs is 1. The first-order valence-electron chi connectivity index (χ1n) is 8.66. The average Bonchev–Trinajstić information content (AvgIpc) is 3.03. The van der Waals surface area contributed by atoms with Crippen molar-refractivity contribution in [2.45, 2.75) is 26.7 Å². The van der Waals surface area contributed by atoms with Crippen molar-refractivity contribution in [1.82, 2.24) is 0 Å². The van der Waals surface area contributed by atoms with E-state index in [1.54, 1.807) is 0 Å². The number of aryl methyl sites for hydroxylation is 2. The van der Waals surface area contributed by atoms with Gasteiger partial charge >= 0.3 is 0 Å². The Bertz CT molecular complexity index is 952. The second kappa shape index (κ2) is 7.23. The highest BCUT2D eigenvalue weighted by molar-refractivity contribution is 7.90. The fourth-order valence-electron chi connectivity index (χ4n) is 3.49. The van der Waals surface area contributed by atoms with Crippen LogP contribution in [-0.2, 0) is 16.3 Å². The smallest absolute Gasteiger partial charge is 0.147 e. The monoisotopic (exact) mass is 374 g/mol. The summed E-state index contributed by atoms with van der Waals surface area (Å²) in [7, 11) is -2.96. The third-order valence-electron chi connectivity index (χ3n) is 4.61. The van der Waals surface area contributed by atoms with Crippen LogP contribution in [0.5, 0.6) is 5.75 Å². The maximum absolute atomic E-state index is 14.0. The Morgan fingerprint density at radius 1 is 1.15 bits per heavy atom. The van der Waals surface area contributed by atoms with Crippen LogP contribution in [0.2, 0.25) is 0 Å². The number of halogens is 1. The zero-order valence-corrected chi connectivity index (χ0v) is 16.1. The minimum absolute atomic E-state index is 0.122. The minimum Gasteiger partial charge on any atom is -0.494 e. The van der Waals surface area contributed by atoms with Gasteiger partial charge in [0.15, 0.2) is 0 Å². The molecule has 26 heavy (non-hydrogen) atoms. The molecule has 138 valence electrons. The van der Waals surface area contributed by atoms with Gasteiger partial charge in [0, 0.05) is 6.26 Å². The summed E-state index contributed by atoms with van der Waals surface area (Å²) >= 11 is 0. The van der Waals surface area contributed by atoms with Crippen LogP contribution in [0.25, 0.3) is 17.2 Å². The van der Waals surface area contributed by atoms with Crippen molar-refractivity contribution in [1.29, 1.82) is 0 Å². The number of benzene rings is 2. The third-order valence-corrected chi connectivity index (χ3v) is 5.64. The zero-order valence-electron chi connectivity index (χ0n) is 15.3. The molecule has 0 heterocycles. The maximum atomic E-state index is 14.0. The molecule has 5 heteroatoms. The van der Waals surface area contributed by atoms with E-state index in [1.807, 2.05) is 44.2 Å². The third kappa shape index (κ3) is 3.98. The molecule has 0 bridgehead atoms. The number of rotatable bonds is 6. The highest BCUT2D eigenvalue weighted by Crippen LogP contribution is 2.37. The molecule has 1 aliphatic carbocycles. The van der Waals surface area contributed by atoms with Crippen LogP contribution in [0.15, 0.2) is 30.3 Å². The van der Waals surface area contributed by atoms with E-state index in [0.717, 1.165) is 39.1 Å². The van der Waals surface area contributed by atoms with Gasteiger partial charge in [0.25, 0.3) is 0 Å². The van der Waals surface area contributed by atoms with E-state index in [9.17, 15) is 12.8 Å². The summed E-state index contributed by atoms with van der Waals surface area (Å²) in [6.45, 7) is 4.39. The number of allylic oxidation sites excluding steroid dienone is 1. The average molecular weight is 374 g/mol. The lowest BCUT2D eigenvalue weighted by atomic mass is 9.90. The summed E-state index contributed by atoms with van der Waals surface area (Å²) in [5.74, 6) is 0.693. The van der Waals surface area contributed by atoms with Crippen LogP contribution < -0.4 is 4.74 Å². The molecule has 0 N–H and O–H groups in total. The predicted molar refractivity (Wildman–Crippen MR) is 104 cm³/mol. The van der Waals surface area contributed by atoms with E-state index in [2.05, 4.69) is 0 Å². The molecule has 0 atom stereocenters. The summed E-state index contributed by atoms with van der Waals surface area (Å²) in [4.78, 5) is 0. The number of hydrogen-bond acceptors (Lipinski definition) is 3. The normalized spacial score (nSPS) is 13.1. The van der Waals surface area contributed by atoms with Gasteiger partial charge in [0.1, 0.15) is 21.4 Å². The van der Waals surface area contributed by atoms with Gasteiger partial charge in [0.05, 0.1) is 12.4 Å². The summed E-state index contributed by atoms with van der Waals surface area (Å²) in [5.41, 5.74) is 5.94. The standard InChI is InChI=1S/C21H23FO3S/c1-14-12-16(25-10-5-11-26(3,23)24)13-15(2)21(14)19-8-9-20(22)18-7-4-6-17(18)19/h4,6,8-9,12-13H,5,7,10-11H2,1-3H3. The van der Waals surface area contributed by atoms with Gasteiger partial charge in [0.2, 0.25) is 0 Å². The van der Waals surface area contributed by atoms with Crippen molar-refractivity contribution in [3.05, 3.63) is 58.4 Å². The molecule has 3 nitrogen and oxygen atoms in total. The molecule has 0 radical (unpaired) electrons. The van der Waals surface area contributed by atoms with Crippen molar-refractivity contribution < 1.29 is 17.5 Å². The molecule has 2 aromatic rings. The van der Waals surface area contributed by atoms with Gasteiger partial charge in [-0.1, -0.05) is 18.2 Å². The molecule has 0 fully saturated rings. The topological polar surface area (TPSA) is 43.4 Å². The molecular weight excluding hydrogens is 351 g/mol. The summed E-state index contributed by atoms with van der Waals surface area (Å²) in [6, 6.07) is 7.29. The van der Waals surface area contributed by atoms with Crippen molar-refractivity contribution in [3.8, 4) is 16.9 Å². The lowest BCUT2D eigenvalue weighted by Gasteiger charge is -2.16. The van der Waals surface area contributed by atoms with Crippen LogP contribution in [-0.4, -0.2) is 27.0 Å².